The second-order valence-corrected chi connectivity index (χ2v) is 5.57. The standard InChI is InChI=1S/C16H19FN2O2/c1-11-9-20-12(2)7-19(11)8-15-10-21-16(18-15)13-3-5-14(17)6-4-13/h3-6,10-12H,7-9H2,1-2H3/t11-,12-/m1/s1. The summed E-state index contributed by atoms with van der Waals surface area (Å²) in [6.45, 7) is 6.59. The number of morpholine rings is 1. The molecule has 4 nitrogen and oxygen atoms in total. The molecule has 0 bridgehead atoms. The van der Waals surface area contributed by atoms with Crippen LogP contribution in [0.4, 0.5) is 4.39 Å². The van der Waals surface area contributed by atoms with Gasteiger partial charge in [0, 0.05) is 24.7 Å². The third kappa shape index (κ3) is 3.31. The highest BCUT2D eigenvalue weighted by molar-refractivity contribution is 5.52. The number of hydrogen-bond donors (Lipinski definition) is 0. The maximum absolute atomic E-state index is 12.9. The van der Waals surface area contributed by atoms with Crippen LogP contribution in [0.3, 0.4) is 0 Å². The molecule has 1 aromatic heterocycles. The molecule has 0 aliphatic carbocycles. The van der Waals surface area contributed by atoms with Crippen molar-refractivity contribution in [1.82, 2.24) is 9.88 Å². The van der Waals surface area contributed by atoms with Gasteiger partial charge in [0.05, 0.1) is 18.4 Å². The summed E-state index contributed by atoms with van der Waals surface area (Å²) in [5.41, 5.74) is 1.67. The van der Waals surface area contributed by atoms with E-state index >= 15 is 0 Å². The van der Waals surface area contributed by atoms with Crippen molar-refractivity contribution in [2.24, 2.45) is 0 Å². The van der Waals surface area contributed by atoms with E-state index in [1.165, 1.54) is 12.1 Å². The average molecular weight is 290 g/mol. The number of aromatic nitrogens is 1. The zero-order valence-electron chi connectivity index (χ0n) is 12.3. The Kier molecular flexibility index (Phi) is 4.03. The third-order valence-electron chi connectivity index (χ3n) is 3.74. The molecular formula is C16H19FN2O2. The summed E-state index contributed by atoms with van der Waals surface area (Å²) in [4.78, 5) is 6.83. The predicted molar refractivity (Wildman–Crippen MR) is 77.2 cm³/mol. The van der Waals surface area contributed by atoms with Crippen LogP contribution in [0, 0.1) is 5.82 Å². The van der Waals surface area contributed by atoms with Gasteiger partial charge in [-0.05, 0) is 38.1 Å². The van der Waals surface area contributed by atoms with Gasteiger partial charge in [0.15, 0.2) is 0 Å². The summed E-state index contributed by atoms with van der Waals surface area (Å²) in [5.74, 6) is 0.264. The van der Waals surface area contributed by atoms with Crippen molar-refractivity contribution in [3.05, 3.63) is 42.0 Å². The quantitative estimate of drug-likeness (QED) is 0.870. The lowest BCUT2D eigenvalue weighted by molar-refractivity contribution is -0.0530. The molecule has 1 fully saturated rings. The minimum Gasteiger partial charge on any atom is -0.444 e. The molecule has 0 saturated carbocycles. The molecule has 0 N–H and O–H groups in total. The van der Waals surface area contributed by atoms with Gasteiger partial charge in [0.1, 0.15) is 12.1 Å². The van der Waals surface area contributed by atoms with Crippen LogP contribution in [0.25, 0.3) is 11.5 Å². The lowest BCUT2D eigenvalue weighted by atomic mass is 10.2. The Morgan fingerprint density at radius 3 is 2.81 bits per heavy atom. The summed E-state index contributed by atoms with van der Waals surface area (Å²) < 4.78 is 24.1. The zero-order valence-corrected chi connectivity index (χ0v) is 12.3. The number of ether oxygens (including phenoxy) is 1. The first-order valence-corrected chi connectivity index (χ1v) is 7.18. The molecule has 112 valence electrons. The minimum atomic E-state index is -0.262. The largest absolute Gasteiger partial charge is 0.444 e. The molecule has 5 heteroatoms. The second kappa shape index (κ2) is 5.95. The van der Waals surface area contributed by atoms with E-state index in [0.29, 0.717) is 11.9 Å². The molecular weight excluding hydrogens is 271 g/mol. The van der Waals surface area contributed by atoms with Crippen molar-refractivity contribution < 1.29 is 13.5 Å². The van der Waals surface area contributed by atoms with E-state index in [9.17, 15) is 4.39 Å². The number of hydrogen-bond acceptors (Lipinski definition) is 4. The number of oxazole rings is 1. The highest BCUT2D eigenvalue weighted by atomic mass is 19.1. The molecule has 2 aromatic rings. The molecule has 1 aliphatic heterocycles. The Morgan fingerprint density at radius 2 is 2.05 bits per heavy atom. The van der Waals surface area contributed by atoms with Crippen molar-refractivity contribution in [1.29, 1.82) is 0 Å². The SMILES string of the molecule is C[C@@H]1CN(Cc2coc(-c3ccc(F)cc3)n2)[C@H](C)CO1. The molecule has 0 spiro atoms. The maximum atomic E-state index is 12.9. The molecule has 0 unspecified atom stereocenters. The van der Waals surface area contributed by atoms with Crippen LogP contribution in [-0.4, -0.2) is 35.2 Å². The molecule has 1 aliphatic rings. The monoisotopic (exact) mass is 290 g/mol. The topological polar surface area (TPSA) is 38.5 Å². The summed E-state index contributed by atoms with van der Waals surface area (Å²) in [6, 6.07) is 6.53. The van der Waals surface area contributed by atoms with Crippen LogP contribution in [-0.2, 0) is 11.3 Å². The van der Waals surface area contributed by atoms with Gasteiger partial charge in [-0.1, -0.05) is 0 Å². The number of nitrogens with zero attached hydrogens (tertiary/aromatic N) is 2. The van der Waals surface area contributed by atoms with E-state index in [-0.39, 0.29) is 11.9 Å². The van der Waals surface area contributed by atoms with Gasteiger partial charge in [-0.15, -0.1) is 0 Å². The van der Waals surface area contributed by atoms with E-state index in [4.69, 9.17) is 9.15 Å². The Labute approximate surface area is 123 Å². The van der Waals surface area contributed by atoms with Crippen LogP contribution in [0.1, 0.15) is 19.5 Å². The molecule has 0 radical (unpaired) electrons. The lowest BCUT2D eigenvalue weighted by Gasteiger charge is -2.36. The second-order valence-electron chi connectivity index (χ2n) is 5.57. The van der Waals surface area contributed by atoms with Crippen LogP contribution in [0.2, 0.25) is 0 Å². The lowest BCUT2D eigenvalue weighted by Crippen LogP contribution is -2.46. The van der Waals surface area contributed by atoms with Gasteiger partial charge in [-0.2, -0.15) is 0 Å². The Bertz CT molecular complexity index is 597. The number of rotatable bonds is 3. The van der Waals surface area contributed by atoms with Gasteiger partial charge in [-0.25, -0.2) is 9.37 Å². The van der Waals surface area contributed by atoms with Gasteiger partial charge in [-0.3, -0.25) is 4.90 Å². The fraction of sp³-hybridized carbons (Fsp3) is 0.438. The minimum absolute atomic E-state index is 0.240. The van der Waals surface area contributed by atoms with Crippen molar-refractivity contribution >= 4 is 0 Å². The summed E-state index contributed by atoms with van der Waals surface area (Å²) in [6.07, 6.45) is 1.91. The Morgan fingerprint density at radius 1 is 1.29 bits per heavy atom. The van der Waals surface area contributed by atoms with E-state index in [1.54, 1.807) is 18.4 Å². The predicted octanol–water partition coefficient (Wildman–Crippen LogP) is 3.09. The maximum Gasteiger partial charge on any atom is 0.226 e. The first kappa shape index (κ1) is 14.2. The Balaban J connectivity index is 1.71. The third-order valence-corrected chi connectivity index (χ3v) is 3.74. The molecule has 0 amide bonds. The van der Waals surface area contributed by atoms with Gasteiger partial charge >= 0.3 is 0 Å². The first-order chi connectivity index (χ1) is 10.1. The molecule has 3 rings (SSSR count). The number of halogens is 1. The van der Waals surface area contributed by atoms with Crippen molar-refractivity contribution in [3.63, 3.8) is 0 Å². The first-order valence-electron chi connectivity index (χ1n) is 7.18. The average Bonchev–Trinajstić information content (AvgIpc) is 2.92. The van der Waals surface area contributed by atoms with Gasteiger partial charge in [0.2, 0.25) is 5.89 Å². The van der Waals surface area contributed by atoms with Crippen LogP contribution in [0.5, 0.6) is 0 Å². The molecule has 21 heavy (non-hydrogen) atoms. The fourth-order valence-electron chi connectivity index (χ4n) is 2.50. The van der Waals surface area contributed by atoms with Crippen molar-refractivity contribution in [2.45, 2.75) is 32.5 Å². The Hall–Kier alpha value is -1.72. The van der Waals surface area contributed by atoms with E-state index in [2.05, 4.69) is 23.7 Å². The van der Waals surface area contributed by atoms with Crippen molar-refractivity contribution in [2.75, 3.05) is 13.2 Å². The van der Waals surface area contributed by atoms with Crippen LogP contribution >= 0.6 is 0 Å². The summed E-state index contributed by atoms with van der Waals surface area (Å²) >= 11 is 0. The molecule has 2 heterocycles. The molecule has 1 saturated heterocycles. The summed E-state index contributed by atoms with van der Waals surface area (Å²) in [7, 11) is 0. The van der Waals surface area contributed by atoms with E-state index < -0.39 is 0 Å². The van der Waals surface area contributed by atoms with E-state index in [1.807, 2.05) is 0 Å². The number of benzene rings is 1. The van der Waals surface area contributed by atoms with E-state index in [0.717, 1.165) is 31.0 Å². The fourth-order valence-corrected chi connectivity index (χ4v) is 2.50. The molecule has 2 atom stereocenters. The van der Waals surface area contributed by atoms with Crippen LogP contribution in [0.15, 0.2) is 34.9 Å². The smallest absolute Gasteiger partial charge is 0.226 e. The van der Waals surface area contributed by atoms with Crippen molar-refractivity contribution in [3.8, 4) is 11.5 Å². The zero-order chi connectivity index (χ0) is 14.8. The van der Waals surface area contributed by atoms with Gasteiger partial charge in [0.25, 0.3) is 0 Å². The highest BCUT2D eigenvalue weighted by Crippen LogP contribution is 2.21. The normalized spacial score (nSPS) is 23.4. The summed E-state index contributed by atoms with van der Waals surface area (Å²) in [5, 5.41) is 0. The van der Waals surface area contributed by atoms with Crippen LogP contribution < -0.4 is 0 Å². The van der Waals surface area contributed by atoms with Gasteiger partial charge < -0.3 is 9.15 Å². The molecule has 1 aromatic carbocycles. The highest BCUT2D eigenvalue weighted by Gasteiger charge is 2.24.